The number of aromatic nitrogens is 2. The molecule has 0 bridgehead atoms. The van der Waals surface area contributed by atoms with Crippen molar-refractivity contribution in [2.24, 2.45) is 0 Å². The maximum absolute atomic E-state index is 12.2. The number of benzene rings is 1. The zero-order chi connectivity index (χ0) is 17.1. The van der Waals surface area contributed by atoms with Gasteiger partial charge in [0.05, 0.1) is 23.2 Å². The molecule has 0 aliphatic heterocycles. The third kappa shape index (κ3) is 3.85. The van der Waals surface area contributed by atoms with Gasteiger partial charge >= 0.3 is 0 Å². The van der Waals surface area contributed by atoms with Gasteiger partial charge < -0.3 is 10.4 Å². The summed E-state index contributed by atoms with van der Waals surface area (Å²) in [6.45, 7) is 8.78. The van der Waals surface area contributed by atoms with Crippen LogP contribution in [0.15, 0.2) is 18.2 Å². The number of hydrogen-bond acceptors (Lipinski definition) is 3. The zero-order valence-electron chi connectivity index (χ0n) is 13.9. The predicted octanol–water partition coefficient (Wildman–Crippen LogP) is 3.30. The second kappa shape index (κ2) is 7.04. The SMILES string of the molecule is CCn1nc(C)c(C(C)NC(=O)Cc2ccc(O)c(Cl)c2)c1C. The van der Waals surface area contributed by atoms with Gasteiger partial charge in [-0.25, -0.2) is 0 Å². The van der Waals surface area contributed by atoms with Crippen LogP contribution in [0.2, 0.25) is 5.02 Å². The lowest BCUT2D eigenvalue weighted by atomic mass is 10.1. The van der Waals surface area contributed by atoms with Gasteiger partial charge in [-0.15, -0.1) is 0 Å². The molecule has 0 saturated heterocycles. The third-order valence-corrected chi connectivity index (χ3v) is 4.23. The highest BCUT2D eigenvalue weighted by Gasteiger charge is 2.19. The van der Waals surface area contributed by atoms with E-state index >= 15 is 0 Å². The Morgan fingerprint density at radius 2 is 2.13 bits per heavy atom. The van der Waals surface area contributed by atoms with E-state index in [1.807, 2.05) is 32.4 Å². The maximum Gasteiger partial charge on any atom is 0.224 e. The summed E-state index contributed by atoms with van der Waals surface area (Å²) in [7, 11) is 0. The number of carbonyl (C=O) groups excluding carboxylic acids is 1. The number of carbonyl (C=O) groups is 1. The van der Waals surface area contributed by atoms with E-state index in [-0.39, 0.29) is 29.1 Å². The molecule has 1 aromatic heterocycles. The number of phenols is 1. The van der Waals surface area contributed by atoms with Crippen molar-refractivity contribution in [2.45, 2.75) is 46.7 Å². The number of halogens is 1. The first-order valence-corrected chi connectivity index (χ1v) is 8.02. The standard InChI is InChI=1S/C17H22ClN3O2/c1-5-21-12(4)17(11(3)20-21)10(2)19-16(23)9-13-6-7-15(22)14(18)8-13/h6-8,10,22H,5,9H2,1-4H3,(H,19,23). The molecule has 1 amide bonds. The minimum absolute atomic E-state index is 0.0161. The van der Waals surface area contributed by atoms with Crippen molar-refractivity contribution in [1.29, 1.82) is 0 Å². The van der Waals surface area contributed by atoms with E-state index in [9.17, 15) is 9.90 Å². The monoisotopic (exact) mass is 335 g/mol. The average molecular weight is 336 g/mol. The average Bonchev–Trinajstić information content (AvgIpc) is 2.77. The van der Waals surface area contributed by atoms with E-state index in [1.54, 1.807) is 12.1 Å². The van der Waals surface area contributed by atoms with E-state index in [0.717, 1.165) is 29.1 Å². The molecular formula is C17H22ClN3O2. The summed E-state index contributed by atoms with van der Waals surface area (Å²) in [6.07, 6.45) is 0.213. The second-order valence-corrected chi connectivity index (χ2v) is 6.06. The second-order valence-electron chi connectivity index (χ2n) is 5.65. The van der Waals surface area contributed by atoms with Crippen LogP contribution in [0.3, 0.4) is 0 Å². The molecular weight excluding hydrogens is 314 g/mol. The first-order valence-electron chi connectivity index (χ1n) is 7.64. The van der Waals surface area contributed by atoms with Crippen LogP contribution in [0.1, 0.15) is 42.4 Å². The zero-order valence-corrected chi connectivity index (χ0v) is 14.6. The Morgan fingerprint density at radius 1 is 1.43 bits per heavy atom. The smallest absolute Gasteiger partial charge is 0.224 e. The summed E-state index contributed by atoms with van der Waals surface area (Å²) in [4.78, 5) is 12.2. The van der Waals surface area contributed by atoms with E-state index in [1.165, 1.54) is 6.07 Å². The normalized spacial score (nSPS) is 12.2. The van der Waals surface area contributed by atoms with Crippen LogP contribution in [-0.4, -0.2) is 20.8 Å². The highest BCUT2D eigenvalue weighted by molar-refractivity contribution is 6.32. The molecule has 1 atom stereocenters. The Labute approximate surface area is 141 Å². The van der Waals surface area contributed by atoms with Gasteiger partial charge in [-0.2, -0.15) is 5.10 Å². The van der Waals surface area contributed by atoms with Crippen LogP contribution in [0.5, 0.6) is 5.75 Å². The molecule has 2 N–H and O–H groups in total. The molecule has 1 aromatic carbocycles. The molecule has 0 aliphatic carbocycles. The Hall–Kier alpha value is -2.01. The van der Waals surface area contributed by atoms with Crippen molar-refractivity contribution in [3.05, 3.63) is 45.7 Å². The summed E-state index contributed by atoms with van der Waals surface area (Å²) in [6, 6.07) is 4.67. The molecule has 1 heterocycles. The van der Waals surface area contributed by atoms with Crippen LogP contribution in [0, 0.1) is 13.8 Å². The van der Waals surface area contributed by atoms with Crippen LogP contribution < -0.4 is 5.32 Å². The number of rotatable bonds is 5. The minimum atomic E-state index is -0.115. The molecule has 0 spiro atoms. The molecule has 0 aliphatic rings. The molecule has 6 heteroatoms. The minimum Gasteiger partial charge on any atom is -0.506 e. The molecule has 2 rings (SSSR count). The number of amides is 1. The van der Waals surface area contributed by atoms with E-state index < -0.39 is 0 Å². The maximum atomic E-state index is 12.2. The largest absolute Gasteiger partial charge is 0.506 e. The van der Waals surface area contributed by atoms with Crippen molar-refractivity contribution < 1.29 is 9.90 Å². The molecule has 2 aromatic rings. The fourth-order valence-corrected chi connectivity index (χ4v) is 3.06. The van der Waals surface area contributed by atoms with Crippen molar-refractivity contribution in [2.75, 3.05) is 0 Å². The van der Waals surface area contributed by atoms with Crippen LogP contribution in [0.25, 0.3) is 0 Å². The van der Waals surface area contributed by atoms with Crippen LogP contribution >= 0.6 is 11.6 Å². The summed E-state index contributed by atoms with van der Waals surface area (Å²) >= 11 is 5.87. The van der Waals surface area contributed by atoms with Gasteiger partial charge in [-0.3, -0.25) is 9.48 Å². The highest BCUT2D eigenvalue weighted by atomic mass is 35.5. The summed E-state index contributed by atoms with van der Waals surface area (Å²) < 4.78 is 1.94. The fraction of sp³-hybridized carbons (Fsp3) is 0.412. The lowest BCUT2D eigenvalue weighted by Gasteiger charge is -2.15. The van der Waals surface area contributed by atoms with E-state index in [2.05, 4.69) is 10.4 Å². The van der Waals surface area contributed by atoms with Crippen molar-refractivity contribution in [1.82, 2.24) is 15.1 Å². The Bertz CT molecular complexity index is 725. The first-order chi connectivity index (χ1) is 10.8. The quantitative estimate of drug-likeness (QED) is 0.881. The number of aromatic hydroxyl groups is 1. The predicted molar refractivity (Wildman–Crippen MR) is 90.8 cm³/mol. The number of nitrogens with zero attached hydrogens (tertiary/aromatic N) is 2. The Kier molecular flexibility index (Phi) is 5.31. The first kappa shape index (κ1) is 17.3. The number of nitrogens with one attached hydrogen (secondary N) is 1. The van der Waals surface area contributed by atoms with Gasteiger partial charge in [0, 0.05) is 17.8 Å². The lowest BCUT2D eigenvalue weighted by molar-refractivity contribution is -0.121. The Morgan fingerprint density at radius 3 is 2.70 bits per heavy atom. The Balaban J connectivity index is 2.08. The third-order valence-electron chi connectivity index (χ3n) is 3.92. The molecule has 23 heavy (non-hydrogen) atoms. The molecule has 0 radical (unpaired) electrons. The van der Waals surface area contributed by atoms with Crippen LogP contribution in [-0.2, 0) is 17.8 Å². The van der Waals surface area contributed by atoms with Gasteiger partial charge in [0.15, 0.2) is 0 Å². The fourth-order valence-electron chi connectivity index (χ4n) is 2.86. The van der Waals surface area contributed by atoms with Crippen LogP contribution in [0.4, 0.5) is 0 Å². The summed E-state index contributed by atoms with van der Waals surface area (Å²) in [5.41, 5.74) is 3.83. The molecule has 0 fully saturated rings. The van der Waals surface area contributed by atoms with E-state index in [4.69, 9.17) is 11.6 Å². The molecule has 5 nitrogen and oxygen atoms in total. The van der Waals surface area contributed by atoms with Crippen molar-refractivity contribution in [3.63, 3.8) is 0 Å². The topological polar surface area (TPSA) is 67.2 Å². The van der Waals surface area contributed by atoms with Gasteiger partial charge in [0.1, 0.15) is 5.75 Å². The molecule has 1 unspecified atom stereocenters. The van der Waals surface area contributed by atoms with E-state index in [0.29, 0.717) is 0 Å². The number of aryl methyl sites for hydroxylation is 2. The summed E-state index contributed by atoms with van der Waals surface area (Å²) in [5.74, 6) is -0.0790. The molecule has 0 saturated carbocycles. The van der Waals surface area contributed by atoms with Crippen molar-refractivity contribution in [3.8, 4) is 5.75 Å². The lowest BCUT2D eigenvalue weighted by Crippen LogP contribution is -2.28. The highest BCUT2D eigenvalue weighted by Crippen LogP contribution is 2.24. The molecule has 124 valence electrons. The van der Waals surface area contributed by atoms with Crippen molar-refractivity contribution >= 4 is 17.5 Å². The van der Waals surface area contributed by atoms with Gasteiger partial charge in [-0.1, -0.05) is 17.7 Å². The van der Waals surface area contributed by atoms with Gasteiger partial charge in [0.2, 0.25) is 5.91 Å². The van der Waals surface area contributed by atoms with Gasteiger partial charge in [0.25, 0.3) is 0 Å². The number of phenolic OH excluding ortho intramolecular Hbond substituents is 1. The summed E-state index contributed by atoms with van der Waals surface area (Å²) in [5, 5.41) is 17.1. The van der Waals surface area contributed by atoms with Gasteiger partial charge in [-0.05, 0) is 45.4 Å². The number of hydrogen-bond donors (Lipinski definition) is 2.